The smallest absolute Gasteiger partial charge is 0.194 e. The lowest BCUT2D eigenvalue weighted by Crippen LogP contribution is -1.84. The van der Waals surface area contributed by atoms with Gasteiger partial charge >= 0.3 is 0 Å². The summed E-state index contributed by atoms with van der Waals surface area (Å²) in [6.45, 7) is 2.15. The van der Waals surface area contributed by atoms with Crippen LogP contribution in [0.5, 0.6) is 0 Å². The molecule has 0 atom stereocenters. The van der Waals surface area contributed by atoms with Crippen molar-refractivity contribution in [3.63, 3.8) is 0 Å². The van der Waals surface area contributed by atoms with Crippen LogP contribution in [0.4, 0.5) is 0 Å². The van der Waals surface area contributed by atoms with Crippen LogP contribution in [0, 0.1) is 0 Å². The average molecular weight is 256 g/mol. The van der Waals surface area contributed by atoms with Crippen LogP contribution in [0.25, 0.3) is 10.6 Å². The predicted octanol–water partition coefficient (Wildman–Crippen LogP) is 4.14. The normalized spacial score (nSPS) is 10.9. The maximum Gasteiger partial charge on any atom is 0.194 e. The summed E-state index contributed by atoms with van der Waals surface area (Å²) in [7, 11) is 0. The van der Waals surface area contributed by atoms with E-state index in [1.165, 1.54) is 4.88 Å². The Morgan fingerprint density at radius 2 is 2.31 bits per heavy atom. The largest absolute Gasteiger partial charge is 0.440 e. The molecule has 2 heterocycles. The lowest BCUT2D eigenvalue weighted by molar-refractivity contribution is 0.504. The topological polar surface area (TPSA) is 26.0 Å². The van der Waals surface area contributed by atoms with Crippen LogP contribution in [0.3, 0.4) is 0 Å². The molecule has 0 saturated carbocycles. The van der Waals surface area contributed by atoms with Gasteiger partial charge in [0.15, 0.2) is 11.7 Å². The molecule has 2 aromatic rings. The molecule has 0 aliphatic carbocycles. The second kappa shape index (κ2) is 5.51. The zero-order valence-corrected chi connectivity index (χ0v) is 10.8. The van der Waals surface area contributed by atoms with E-state index in [0.717, 1.165) is 35.8 Å². The fourth-order valence-electron chi connectivity index (χ4n) is 1.46. The van der Waals surface area contributed by atoms with Crippen molar-refractivity contribution >= 4 is 22.9 Å². The summed E-state index contributed by atoms with van der Waals surface area (Å²) in [5.41, 5.74) is 0. The van der Waals surface area contributed by atoms with E-state index in [0.29, 0.717) is 5.88 Å². The number of nitrogens with zero attached hydrogens (tertiary/aromatic N) is 1. The summed E-state index contributed by atoms with van der Waals surface area (Å²) in [5, 5.41) is 0. The first-order valence-corrected chi connectivity index (χ1v) is 6.78. The molecule has 0 radical (unpaired) electrons. The number of oxazole rings is 1. The summed E-state index contributed by atoms with van der Waals surface area (Å²) in [5.74, 6) is 2.30. The first-order valence-electron chi connectivity index (χ1n) is 5.43. The molecule has 0 aliphatic heterocycles. The Labute approximate surface area is 104 Å². The van der Waals surface area contributed by atoms with Crippen molar-refractivity contribution in [2.45, 2.75) is 26.2 Å². The van der Waals surface area contributed by atoms with Gasteiger partial charge in [-0.3, -0.25) is 0 Å². The van der Waals surface area contributed by atoms with Crippen LogP contribution in [0.15, 0.2) is 22.7 Å². The highest BCUT2D eigenvalue weighted by atomic mass is 35.5. The van der Waals surface area contributed by atoms with Crippen LogP contribution in [-0.4, -0.2) is 10.9 Å². The molecule has 2 nitrogen and oxygen atoms in total. The molecule has 0 aromatic carbocycles. The van der Waals surface area contributed by atoms with Gasteiger partial charge in [-0.2, -0.15) is 0 Å². The molecule has 0 fully saturated rings. The number of hydrogen-bond donors (Lipinski definition) is 0. The Bertz CT molecular complexity index is 449. The summed E-state index contributed by atoms with van der Waals surface area (Å²) >= 11 is 7.39. The molecule has 0 N–H and O–H groups in total. The maximum absolute atomic E-state index is 5.67. The van der Waals surface area contributed by atoms with Crippen molar-refractivity contribution in [2.75, 3.05) is 5.88 Å². The van der Waals surface area contributed by atoms with Crippen molar-refractivity contribution in [3.8, 4) is 10.6 Å². The van der Waals surface area contributed by atoms with Gasteiger partial charge in [0.1, 0.15) is 0 Å². The van der Waals surface area contributed by atoms with E-state index in [1.54, 1.807) is 17.5 Å². The van der Waals surface area contributed by atoms with E-state index in [9.17, 15) is 0 Å². The second-order valence-corrected chi connectivity index (χ2v) is 5.08. The van der Waals surface area contributed by atoms with Gasteiger partial charge in [-0.15, -0.1) is 22.9 Å². The van der Waals surface area contributed by atoms with E-state index in [1.807, 2.05) is 0 Å². The fraction of sp³-hybridized carbons (Fsp3) is 0.417. The predicted molar refractivity (Wildman–Crippen MR) is 68.2 cm³/mol. The number of halogens is 1. The molecular formula is C12H14ClNOS. The van der Waals surface area contributed by atoms with Crippen LogP contribution in [-0.2, 0) is 12.8 Å². The molecule has 86 valence electrons. The Balaban J connectivity index is 2.11. The first kappa shape index (κ1) is 11.7. The van der Waals surface area contributed by atoms with Crippen molar-refractivity contribution in [1.29, 1.82) is 0 Å². The second-order valence-electron chi connectivity index (χ2n) is 3.53. The zero-order valence-electron chi connectivity index (χ0n) is 9.20. The molecule has 2 rings (SSSR count). The zero-order chi connectivity index (χ0) is 11.4. The minimum atomic E-state index is 0.650. The molecule has 16 heavy (non-hydrogen) atoms. The van der Waals surface area contributed by atoms with E-state index < -0.39 is 0 Å². The van der Waals surface area contributed by atoms with Gasteiger partial charge in [-0.25, -0.2) is 4.98 Å². The molecule has 0 spiro atoms. The molecule has 2 aromatic heterocycles. The number of aromatic nitrogens is 1. The van der Waals surface area contributed by atoms with Crippen molar-refractivity contribution < 1.29 is 4.42 Å². The number of aryl methyl sites for hydroxylation is 2. The van der Waals surface area contributed by atoms with Gasteiger partial charge in [0.2, 0.25) is 0 Å². The quantitative estimate of drug-likeness (QED) is 0.751. The average Bonchev–Trinajstić information content (AvgIpc) is 2.94. The lowest BCUT2D eigenvalue weighted by Gasteiger charge is -1.91. The van der Waals surface area contributed by atoms with E-state index in [2.05, 4.69) is 24.0 Å². The maximum atomic E-state index is 5.67. The van der Waals surface area contributed by atoms with E-state index >= 15 is 0 Å². The number of rotatable bonds is 5. The van der Waals surface area contributed by atoms with Gasteiger partial charge < -0.3 is 4.42 Å². The third-order valence-electron chi connectivity index (χ3n) is 2.33. The molecule has 0 aliphatic rings. The van der Waals surface area contributed by atoms with Crippen LogP contribution in [0.2, 0.25) is 0 Å². The Morgan fingerprint density at radius 3 is 3.00 bits per heavy atom. The Hall–Kier alpha value is -0.800. The van der Waals surface area contributed by atoms with Crippen LogP contribution >= 0.6 is 22.9 Å². The molecular weight excluding hydrogens is 242 g/mol. The molecule has 0 saturated heterocycles. The minimum absolute atomic E-state index is 0.650. The summed E-state index contributed by atoms with van der Waals surface area (Å²) in [6.07, 6.45) is 4.59. The molecule has 0 bridgehead atoms. The number of hydrogen-bond acceptors (Lipinski definition) is 3. The number of thiophene rings is 1. The molecule has 0 amide bonds. The monoisotopic (exact) mass is 255 g/mol. The van der Waals surface area contributed by atoms with Crippen LogP contribution in [0.1, 0.15) is 24.1 Å². The van der Waals surface area contributed by atoms with Gasteiger partial charge in [0.05, 0.1) is 11.1 Å². The summed E-state index contributed by atoms with van der Waals surface area (Å²) < 4.78 is 5.67. The van der Waals surface area contributed by atoms with Gasteiger partial charge in [-0.05, 0) is 25.0 Å². The standard InChI is InChI=1S/C12H14ClNOS/c1-2-9-5-6-11(16-9)10-8-14-12(15-10)4-3-7-13/h5-6,8H,2-4,7H2,1H3. The lowest BCUT2D eigenvalue weighted by atomic mass is 10.3. The Kier molecular flexibility index (Phi) is 4.02. The first-order chi connectivity index (χ1) is 7.83. The van der Waals surface area contributed by atoms with Crippen molar-refractivity contribution in [3.05, 3.63) is 29.1 Å². The van der Waals surface area contributed by atoms with Crippen molar-refractivity contribution in [1.82, 2.24) is 4.98 Å². The summed E-state index contributed by atoms with van der Waals surface area (Å²) in [4.78, 5) is 6.77. The number of alkyl halides is 1. The molecule has 4 heteroatoms. The fourth-order valence-corrected chi connectivity index (χ4v) is 2.49. The van der Waals surface area contributed by atoms with Crippen molar-refractivity contribution in [2.24, 2.45) is 0 Å². The van der Waals surface area contributed by atoms with Crippen LogP contribution < -0.4 is 0 Å². The van der Waals surface area contributed by atoms with E-state index in [-0.39, 0.29) is 0 Å². The highest BCUT2D eigenvalue weighted by Crippen LogP contribution is 2.29. The minimum Gasteiger partial charge on any atom is -0.440 e. The van der Waals surface area contributed by atoms with Gasteiger partial charge in [-0.1, -0.05) is 6.92 Å². The van der Waals surface area contributed by atoms with E-state index in [4.69, 9.17) is 16.0 Å². The summed E-state index contributed by atoms with van der Waals surface area (Å²) in [6, 6.07) is 4.23. The third-order valence-corrected chi connectivity index (χ3v) is 3.84. The van der Waals surface area contributed by atoms with Gasteiger partial charge in [0.25, 0.3) is 0 Å². The van der Waals surface area contributed by atoms with Gasteiger partial charge in [0, 0.05) is 17.2 Å². The highest BCUT2D eigenvalue weighted by molar-refractivity contribution is 7.15. The third kappa shape index (κ3) is 2.66. The highest BCUT2D eigenvalue weighted by Gasteiger charge is 2.08. The molecule has 0 unspecified atom stereocenters. The Morgan fingerprint density at radius 1 is 1.44 bits per heavy atom. The SMILES string of the molecule is CCc1ccc(-c2cnc(CCCCl)o2)s1.